The molecule has 0 bridgehead atoms. The maximum atomic E-state index is 13.3. The van der Waals surface area contributed by atoms with E-state index in [0.29, 0.717) is 24.2 Å². The van der Waals surface area contributed by atoms with E-state index in [2.05, 4.69) is 10.3 Å². The van der Waals surface area contributed by atoms with Crippen LogP contribution in [0.15, 0.2) is 65.6 Å². The van der Waals surface area contributed by atoms with Gasteiger partial charge in [0.25, 0.3) is 15.9 Å². The number of pyridine rings is 1. The van der Waals surface area contributed by atoms with Crippen molar-refractivity contribution in [2.75, 3.05) is 18.0 Å². The number of hydrogen-bond donors (Lipinski definition) is 1. The van der Waals surface area contributed by atoms with Gasteiger partial charge in [0.2, 0.25) is 0 Å². The van der Waals surface area contributed by atoms with Gasteiger partial charge in [0.1, 0.15) is 10.3 Å². The molecule has 2 aliphatic heterocycles. The maximum absolute atomic E-state index is 13.3. The lowest BCUT2D eigenvalue weighted by molar-refractivity contribution is 0.0989. The molecule has 0 aliphatic carbocycles. The highest BCUT2D eigenvalue weighted by molar-refractivity contribution is 7.89. The van der Waals surface area contributed by atoms with Gasteiger partial charge in [-0.2, -0.15) is 0 Å². The first-order valence-corrected chi connectivity index (χ1v) is 12.6. The Bertz CT molecular complexity index is 1400. The highest BCUT2D eigenvalue weighted by atomic mass is 35.5. The van der Waals surface area contributed by atoms with Crippen LogP contribution in [0, 0.1) is 0 Å². The van der Waals surface area contributed by atoms with E-state index in [-0.39, 0.29) is 33.2 Å². The van der Waals surface area contributed by atoms with Crippen LogP contribution in [0.4, 0.5) is 10.5 Å². The third-order valence-corrected chi connectivity index (χ3v) is 8.00. The second kappa shape index (κ2) is 8.57. The summed E-state index contributed by atoms with van der Waals surface area (Å²) in [6, 6.07) is 15.5. The van der Waals surface area contributed by atoms with E-state index in [1.807, 2.05) is 30.3 Å². The van der Waals surface area contributed by atoms with Crippen LogP contribution in [0.2, 0.25) is 10.3 Å². The molecule has 0 spiro atoms. The van der Waals surface area contributed by atoms with Crippen LogP contribution in [-0.2, 0) is 16.4 Å². The van der Waals surface area contributed by atoms with Gasteiger partial charge in [-0.15, -0.1) is 0 Å². The number of amides is 3. The van der Waals surface area contributed by atoms with Crippen molar-refractivity contribution in [3.8, 4) is 0 Å². The van der Waals surface area contributed by atoms with Crippen LogP contribution in [0.25, 0.3) is 0 Å². The van der Waals surface area contributed by atoms with Gasteiger partial charge in [0.05, 0.1) is 17.5 Å². The number of nitrogens with zero attached hydrogens (tertiary/aromatic N) is 3. The standard InChI is InChI=1S/C23H18Cl2N4O4S/c24-20-11-16(12-21(25)27-20)22(30)28-9-8-15-10-17(6-7-19(15)28)34(32,33)29-13-18(26-23(29)31)14-4-2-1-3-5-14/h1-7,10-12,18H,8-9,13H2,(H,26,31)/t18-/m1/s1. The minimum absolute atomic E-state index is 0.000546. The molecule has 11 heteroatoms. The lowest BCUT2D eigenvalue weighted by Crippen LogP contribution is -2.34. The Morgan fingerprint density at radius 1 is 1.03 bits per heavy atom. The third-order valence-electron chi connectivity index (χ3n) is 5.86. The first kappa shape index (κ1) is 22.6. The fraction of sp³-hybridized carbons (Fsp3) is 0.174. The SMILES string of the molecule is O=C(c1cc(Cl)nc(Cl)c1)N1CCc2cc(S(=O)(=O)N3C[C@H](c4ccccc4)NC3=O)ccc21. The third kappa shape index (κ3) is 4.00. The van der Waals surface area contributed by atoms with Gasteiger partial charge in [0, 0.05) is 17.8 Å². The number of benzene rings is 2. The molecule has 3 aromatic rings. The van der Waals surface area contributed by atoms with E-state index in [1.54, 1.807) is 11.0 Å². The molecular weight excluding hydrogens is 499 g/mol. The summed E-state index contributed by atoms with van der Waals surface area (Å²) >= 11 is 11.9. The highest BCUT2D eigenvalue weighted by Gasteiger charge is 2.39. The fourth-order valence-corrected chi connectivity index (χ4v) is 6.08. The first-order valence-electron chi connectivity index (χ1n) is 10.4. The Morgan fingerprint density at radius 3 is 2.44 bits per heavy atom. The van der Waals surface area contributed by atoms with Crippen LogP contribution in [0.1, 0.15) is 27.5 Å². The van der Waals surface area contributed by atoms with E-state index in [4.69, 9.17) is 23.2 Å². The predicted octanol–water partition coefficient (Wildman–Crippen LogP) is 4.05. The second-order valence-corrected chi connectivity index (χ2v) is 10.6. The number of aromatic nitrogens is 1. The van der Waals surface area contributed by atoms with Gasteiger partial charge in [-0.05, 0) is 47.9 Å². The number of halogens is 2. The number of urea groups is 1. The van der Waals surface area contributed by atoms with Crippen LogP contribution < -0.4 is 10.2 Å². The minimum Gasteiger partial charge on any atom is -0.328 e. The zero-order valence-electron chi connectivity index (χ0n) is 17.6. The average molecular weight is 517 g/mol. The zero-order valence-corrected chi connectivity index (χ0v) is 19.9. The number of fused-ring (bicyclic) bond motifs is 1. The topological polar surface area (TPSA) is 99.7 Å². The maximum Gasteiger partial charge on any atom is 0.331 e. The Hall–Kier alpha value is -3.14. The van der Waals surface area contributed by atoms with Crippen molar-refractivity contribution in [1.82, 2.24) is 14.6 Å². The van der Waals surface area contributed by atoms with Crippen LogP contribution >= 0.6 is 23.2 Å². The molecule has 2 aliphatic rings. The van der Waals surface area contributed by atoms with E-state index in [0.717, 1.165) is 9.87 Å². The Morgan fingerprint density at radius 2 is 1.74 bits per heavy atom. The Balaban J connectivity index is 1.40. The van der Waals surface area contributed by atoms with Crippen LogP contribution in [0.5, 0.6) is 0 Å². The van der Waals surface area contributed by atoms with Crippen molar-refractivity contribution < 1.29 is 18.0 Å². The van der Waals surface area contributed by atoms with E-state index in [1.165, 1.54) is 24.3 Å². The Labute approximate surface area is 206 Å². The predicted molar refractivity (Wildman–Crippen MR) is 128 cm³/mol. The number of carbonyl (C=O) groups is 2. The molecule has 0 unspecified atom stereocenters. The summed E-state index contributed by atoms with van der Waals surface area (Å²) in [6.45, 7) is 0.367. The van der Waals surface area contributed by atoms with Gasteiger partial charge in [-0.1, -0.05) is 53.5 Å². The molecule has 8 nitrogen and oxygen atoms in total. The minimum atomic E-state index is -4.08. The lowest BCUT2D eigenvalue weighted by atomic mass is 10.1. The lowest BCUT2D eigenvalue weighted by Gasteiger charge is -2.19. The molecule has 1 aromatic heterocycles. The summed E-state index contributed by atoms with van der Waals surface area (Å²) < 4.78 is 27.4. The molecule has 3 amide bonds. The van der Waals surface area contributed by atoms with E-state index >= 15 is 0 Å². The van der Waals surface area contributed by atoms with Crippen LogP contribution in [0.3, 0.4) is 0 Å². The van der Waals surface area contributed by atoms with E-state index < -0.39 is 22.1 Å². The monoisotopic (exact) mass is 516 g/mol. The number of rotatable bonds is 4. The molecule has 2 aromatic carbocycles. The summed E-state index contributed by atoms with van der Waals surface area (Å²) in [4.78, 5) is 30.9. The summed E-state index contributed by atoms with van der Waals surface area (Å²) in [6.07, 6.45) is 0.468. The molecule has 1 saturated heterocycles. The summed E-state index contributed by atoms with van der Waals surface area (Å²) in [5.74, 6) is -0.315. The van der Waals surface area contributed by atoms with Gasteiger partial charge < -0.3 is 10.2 Å². The number of hydrogen-bond acceptors (Lipinski definition) is 5. The Kier molecular flexibility index (Phi) is 5.71. The van der Waals surface area contributed by atoms with Crippen molar-refractivity contribution >= 4 is 50.9 Å². The zero-order chi connectivity index (χ0) is 24.0. The molecule has 5 rings (SSSR count). The molecule has 1 N–H and O–H groups in total. The molecule has 0 radical (unpaired) electrons. The normalized spacial score (nSPS) is 17.6. The van der Waals surface area contributed by atoms with Gasteiger partial charge in [0.15, 0.2) is 0 Å². The molecule has 1 fully saturated rings. The highest BCUT2D eigenvalue weighted by Crippen LogP contribution is 2.34. The number of anilines is 1. The number of nitrogens with one attached hydrogen (secondary N) is 1. The van der Waals surface area contributed by atoms with E-state index in [9.17, 15) is 18.0 Å². The molecular formula is C23H18Cl2N4O4S. The summed E-state index contributed by atoms with van der Waals surface area (Å²) in [5.41, 5.74) is 2.41. The van der Waals surface area contributed by atoms with Crippen molar-refractivity contribution in [3.63, 3.8) is 0 Å². The average Bonchev–Trinajstić information content (AvgIpc) is 3.42. The second-order valence-electron chi connectivity index (χ2n) is 7.95. The van der Waals surface area contributed by atoms with Crippen LogP contribution in [-0.4, -0.2) is 42.7 Å². The molecule has 3 heterocycles. The fourth-order valence-electron chi connectivity index (χ4n) is 4.22. The quantitative estimate of drug-likeness (QED) is 0.527. The van der Waals surface area contributed by atoms with Crippen molar-refractivity contribution in [2.45, 2.75) is 17.4 Å². The molecule has 0 saturated carbocycles. The first-order chi connectivity index (χ1) is 16.2. The molecule has 174 valence electrons. The van der Waals surface area contributed by atoms with Gasteiger partial charge in [-0.25, -0.2) is 22.5 Å². The summed E-state index contributed by atoms with van der Waals surface area (Å²) in [7, 11) is -4.08. The smallest absolute Gasteiger partial charge is 0.328 e. The molecule has 34 heavy (non-hydrogen) atoms. The van der Waals surface area contributed by atoms with Gasteiger partial charge in [-0.3, -0.25) is 4.79 Å². The number of carbonyl (C=O) groups excluding carboxylic acids is 2. The van der Waals surface area contributed by atoms with Crippen molar-refractivity contribution in [1.29, 1.82) is 0 Å². The largest absolute Gasteiger partial charge is 0.331 e. The van der Waals surface area contributed by atoms with Gasteiger partial charge >= 0.3 is 6.03 Å². The number of sulfonamides is 1. The van der Waals surface area contributed by atoms with Crippen molar-refractivity contribution in [3.05, 3.63) is 87.7 Å². The molecule has 1 atom stereocenters. The summed E-state index contributed by atoms with van der Waals surface area (Å²) in [5, 5.41) is 2.94. The van der Waals surface area contributed by atoms with Crippen molar-refractivity contribution in [2.24, 2.45) is 0 Å².